The predicted octanol–water partition coefficient (Wildman–Crippen LogP) is 5.37. The molecule has 186 valence electrons. The van der Waals surface area contributed by atoms with Gasteiger partial charge in [0.05, 0.1) is 17.3 Å². The number of anilines is 1. The first-order chi connectivity index (χ1) is 16.2. The number of oxazole rings is 1. The summed E-state index contributed by atoms with van der Waals surface area (Å²) in [5.41, 5.74) is 0.741. The van der Waals surface area contributed by atoms with E-state index < -0.39 is 11.7 Å². The van der Waals surface area contributed by atoms with E-state index in [1.54, 1.807) is 19.2 Å². The highest BCUT2D eigenvalue weighted by Crippen LogP contribution is 2.47. The maximum Gasteiger partial charge on any atom is 0.417 e. The Morgan fingerprint density at radius 1 is 1.11 bits per heavy atom. The highest BCUT2D eigenvalue weighted by molar-refractivity contribution is 5.98. The third-order valence-corrected chi connectivity index (χ3v) is 6.48. The number of amides is 1. The number of halogens is 3. The van der Waals surface area contributed by atoms with E-state index in [0.29, 0.717) is 59.3 Å². The van der Waals surface area contributed by atoms with Crippen LogP contribution in [0.3, 0.4) is 0 Å². The van der Waals surface area contributed by atoms with E-state index in [0.717, 1.165) is 25.1 Å². The molecule has 1 saturated carbocycles. The van der Waals surface area contributed by atoms with Crippen molar-refractivity contribution in [1.29, 1.82) is 0 Å². The molecule has 4 heterocycles. The number of hydrogen-bond acceptors (Lipinski definition) is 6. The smallest absolute Gasteiger partial charge is 0.417 e. The van der Waals surface area contributed by atoms with Gasteiger partial charge >= 0.3 is 6.18 Å². The summed E-state index contributed by atoms with van der Waals surface area (Å²) in [5.74, 6) is 2.16. The van der Waals surface area contributed by atoms with Crippen LogP contribution in [-0.4, -0.2) is 44.9 Å². The Kier molecular flexibility index (Phi) is 6.57. The first-order valence-electron chi connectivity index (χ1n) is 11.2. The van der Waals surface area contributed by atoms with Crippen LogP contribution < -0.4 is 5.32 Å². The van der Waals surface area contributed by atoms with Crippen LogP contribution in [0.1, 0.15) is 47.8 Å². The molecule has 2 aliphatic rings. The minimum Gasteiger partial charge on any atom is -0.441 e. The topological polar surface area (TPSA) is 84.2 Å². The molecule has 1 aliphatic carbocycles. The predicted molar refractivity (Wildman–Crippen MR) is 125 cm³/mol. The molecule has 3 aromatic heterocycles. The number of carbonyl (C=O) groups excluding carboxylic acids is 1. The van der Waals surface area contributed by atoms with E-state index in [9.17, 15) is 18.0 Å². The lowest BCUT2D eigenvalue weighted by Gasteiger charge is -2.35. The Balaban J connectivity index is 0.00000289. The van der Waals surface area contributed by atoms with Gasteiger partial charge < -0.3 is 14.6 Å². The summed E-state index contributed by atoms with van der Waals surface area (Å²) >= 11 is 0. The van der Waals surface area contributed by atoms with Gasteiger partial charge in [0.25, 0.3) is 5.91 Å². The van der Waals surface area contributed by atoms with Gasteiger partial charge in [-0.05, 0) is 62.8 Å². The van der Waals surface area contributed by atoms with Crippen molar-refractivity contribution >= 4 is 11.7 Å². The van der Waals surface area contributed by atoms with Gasteiger partial charge in [-0.15, -0.1) is 0 Å². The van der Waals surface area contributed by atoms with Crippen molar-refractivity contribution in [3.63, 3.8) is 0 Å². The molecule has 0 spiro atoms. The van der Waals surface area contributed by atoms with Crippen molar-refractivity contribution in [3.8, 4) is 11.5 Å². The Morgan fingerprint density at radius 2 is 1.91 bits per heavy atom. The zero-order valence-electron chi connectivity index (χ0n) is 18.8. The minimum absolute atomic E-state index is 0. The summed E-state index contributed by atoms with van der Waals surface area (Å²) in [6.45, 7) is 4.61. The molecule has 0 aromatic carbocycles. The molecule has 0 bridgehead atoms. The summed E-state index contributed by atoms with van der Waals surface area (Å²) < 4.78 is 44.1. The Bertz CT molecular complexity index is 1210. The molecule has 2 fully saturated rings. The van der Waals surface area contributed by atoms with Gasteiger partial charge in [0.15, 0.2) is 0 Å². The number of aryl methyl sites for hydroxylation is 2. The van der Waals surface area contributed by atoms with Crippen molar-refractivity contribution in [2.24, 2.45) is 11.8 Å². The number of piperidine rings is 1. The third kappa shape index (κ3) is 5.16. The molecule has 1 aliphatic heterocycles. The fourth-order valence-electron chi connectivity index (χ4n) is 4.54. The summed E-state index contributed by atoms with van der Waals surface area (Å²) in [4.78, 5) is 28.2. The number of nitrogens with one attached hydrogen (secondary N) is 1. The molecule has 3 aromatic rings. The summed E-state index contributed by atoms with van der Waals surface area (Å²) in [5, 5.41) is 3.11. The second-order valence-corrected chi connectivity index (χ2v) is 9.04. The first-order valence-corrected chi connectivity index (χ1v) is 11.2. The fourth-order valence-corrected chi connectivity index (χ4v) is 4.54. The van der Waals surface area contributed by atoms with E-state index in [-0.39, 0.29) is 19.4 Å². The lowest BCUT2D eigenvalue weighted by atomic mass is 10.0. The van der Waals surface area contributed by atoms with Crippen molar-refractivity contribution < 1.29 is 22.4 Å². The number of likely N-dealkylation sites (tertiary alicyclic amines) is 1. The van der Waals surface area contributed by atoms with Crippen LogP contribution in [0.25, 0.3) is 11.5 Å². The molecule has 1 saturated heterocycles. The summed E-state index contributed by atoms with van der Waals surface area (Å²) in [6, 6.07) is 5.78. The Morgan fingerprint density at radius 3 is 2.57 bits per heavy atom. The number of nitrogens with zero attached hydrogens (tertiary/aromatic N) is 4. The minimum atomic E-state index is -4.43. The molecule has 0 unspecified atom stereocenters. The number of aromatic nitrogens is 3. The lowest BCUT2D eigenvalue weighted by molar-refractivity contribution is -0.137. The van der Waals surface area contributed by atoms with Crippen LogP contribution in [0.2, 0.25) is 0 Å². The fraction of sp³-hybridized carbons (Fsp3) is 0.440. The number of alkyl halides is 3. The maximum absolute atomic E-state index is 13.7. The molecule has 10 heteroatoms. The van der Waals surface area contributed by atoms with E-state index in [2.05, 4.69) is 20.3 Å². The number of pyridine rings is 2. The molecule has 1 amide bonds. The SMILES string of the molecule is C.Cc1ccc(-c2ncc(C)o2)c(C(=O)N2C[C@@H]3C[C@@H]3C[C@H]2CNc2ccc(C(F)(F)F)cn2)n1. The van der Waals surface area contributed by atoms with Crippen molar-refractivity contribution in [2.45, 2.75) is 46.3 Å². The lowest BCUT2D eigenvalue weighted by Crippen LogP contribution is -2.48. The second-order valence-electron chi connectivity index (χ2n) is 9.04. The van der Waals surface area contributed by atoms with Gasteiger partial charge in [-0.1, -0.05) is 7.43 Å². The first kappa shape index (κ1) is 24.7. The molecule has 35 heavy (non-hydrogen) atoms. The van der Waals surface area contributed by atoms with Crippen LogP contribution in [0.5, 0.6) is 0 Å². The van der Waals surface area contributed by atoms with Gasteiger partial charge in [0, 0.05) is 31.0 Å². The standard InChI is InChI=1S/C24H24F3N5O2.CH4/c1-13-3-5-19(22-30-9-14(2)34-22)21(31-13)23(33)32-12-16-7-15(16)8-18(32)11-29-20-6-4-17(10-28-20)24(25,26)27;/h3-6,9-10,15-16,18H,7-8,11-12H2,1-2H3,(H,28,29);1H4/t15-,16+,18+;/m1./s1. The van der Waals surface area contributed by atoms with Crippen LogP contribution >= 0.6 is 0 Å². The normalized spacial score (nSPS) is 21.2. The van der Waals surface area contributed by atoms with E-state index in [4.69, 9.17) is 4.42 Å². The highest BCUT2D eigenvalue weighted by Gasteiger charge is 2.47. The van der Waals surface area contributed by atoms with E-state index in [1.807, 2.05) is 17.9 Å². The maximum atomic E-state index is 13.7. The summed E-state index contributed by atoms with van der Waals surface area (Å²) in [6.07, 6.45) is -0.124. The average molecular weight is 488 g/mol. The van der Waals surface area contributed by atoms with E-state index >= 15 is 0 Å². The highest BCUT2D eigenvalue weighted by atomic mass is 19.4. The molecule has 1 N–H and O–H groups in total. The molecule has 0 radical (unpaired) electrons. The van der Waals surface area contributed by atoms with Crippen LogP contribution in [0, 0.1) is 25.7 Å². The van der Waals surface area contributed by atoms with Gasteiger partial charge in [-0.25, -0.2) is 15.0 Å². The van der Waals surface area contributed by atoms with Crippen LogP contribution in [0.15, 0.2) is 41.1 Å². The zero-order valence-corrected chi connectivity index (χ0v) is 18.8. The Hall–Kier alpha value is -3.43. The van der Waals surface area contributed by atoms with Gasteiger partial charge in [-0.3, -0.25) is 4.79 Å². The third-order valence-electron chi connectivity index (χ3n) is 6.48. The van der Waals surface area contributed by atoms with Gasteiger partial charge in [0.2, 0.25) is 5.89 Å². The van der Waals surface area contributed by atoms with Crippen molar-refractivity contribution in [2.75, 3.05) is 18.4 Å². The van der Waals surface area contributed by atoms with Gasteiger partial charge in [-0.2, -0.15) is 13.2 Å². The zero-order chi connectivity index (χ0) is 24.0. The summed E-state index contributed by atoms with van der Waals surface area (Å²) in [7, 11) is 0. The number of hydrogen-bond donors (Lipinski definition) is 1. The number of rotatable bonds is 5. The Labute approximate surface area is 201 Å². The monoisotopic (exact) mass is 487 g/mol. The molecular formula is C25H28F3N5O2. The second kappa shape index (κ2) is 9.31. The number of carbonyl (C=O) groups is 1. The van der Waals surface area contributed by atoms with Gasteiger partial charge in [0.1, 0.15) is 17.3 Å². The van der Waals surface area contributed by atoms with E-state index in [1.165, 1.54) is 6.07 Å². The molecular weight excluding hydrogens is 459 g/mol. The van der Waals surface area contributed by atoms with Crippen LogP contribution in [0.4, 0.5) is 19.0 Å². The quantitative estimate of drug-likeness (QED) is 0.521. The van der Waals surface area contributed by atoms with Crippen molar-refractivity contribution in [3.05, 3.63) is 59.4 Å². The van der Waals surface area contributed by atoms with Crippen molar-refractivity contribution in [1.82, 2.24) is 19.9 Å². The average Bonchev–Trinajstić information content (AvgIpc) is 3.44. The molecule has 3 atom stereocenters. The van der Waals surface area contributed by atoms with Crippen LogP contribution in [-0.2, 0) is 6.18 Å². The number of fused-ring (bicyclic) bond motifs is 1. The molecule has 7 nitrogen and oxygen atoms in total. The largest absolute Gasteiger partial charge is 0.441 e. The molecule has 5 rings (SSSR count).